The number of halogens is 1. The molecule has 1 aliphatic carbocycles. The Morgan fingerprint density at radius 2 is 2.07 bits per heavy atom. The lowest BCUT2D eigenvalue weighted by molar-refractivity contribution is -0.121. The molecular formula is C21H22ClN5O3. The zero-order chi connectivity index (χ0) is 21.3. The highest BCUT2D eigenvalue weighted by molar-refractivity contribution is 6.31. The number of carbonyl (C=O) groups excluding carboxylic acids is 2. The van der Waals surface area contributed by atoms with E-state index in [4.69, 9.17) is 16.0 Å². The highest BCUT2D eigenvalue weighted by atomic mass is 35.5. The van der Waals surface area contributed by atoms with Crippen LogP contribution in [-0.2, 0) is 4.79 Å². The van der Waals surface area contributed by atoms with Crippen LogP contribution in [0.15, 0.2) is 34.7 Å². The van der Waals surface area contributed by atoms with Crippen molar-refractivity contribution in [2.45, 2.75) is 44.7 Å². The topological polar surface area (TPSA) is 101 Å². The van der Waals surface area contributed by atoms with E-state index in [0.717, 1.165) is 19.3 Å². The van der Waals surface area contributed by atoms with Crippen LogP contribution in [-0.4, -0.2) is 51.0 Å². The highest BCUT2D eigenvalue weighted by Gasteiger charge is 2.31. The number of rotatable bonds is 5. The Labute approximate surface area is 178 Å². The molecule has 2 amide bonds. The fourth-order valence-corrected chi connectivity index (χ4v) is 3.85. The number of oxazole rings is 1. The van der Waals surface area contributed by atoms with Gasteiger partial charge in [0.15, 0.2) is 11.3 Å². The summed E-state index contributed by atoms with van der Waals surface area (Å²) in [5, 5.41) is 11.8. The second-order valence-corrected chi connectivity index (χ2v) is 7.87. The maximum Gasteiger partial charge on any atom is 0.274 e. The first-order valence-corrected chi connectivity index (χ1v) is 10.3. The Morgan fingerprint density at radius 1 is 1.23 bits per heavy atom. The maximum atomic E-state index is 12.8. The first-order valence-electron chi connectivity index (χ1n) is 9.91. The van der Waals surface area contributed by atoms with E-state index in [9.17, 15) is 9.59 Å². The molecule has 0 saturated heterocycles. The number of carbonyl (C=O) groups is 2. The van der Waals surface area contributed by atoms with Gasteiger partial charge in [-0.05, 0) is 43.5 Å². The van der Waals surface area contributed by atoms with Gasteiger partial charge in [-0.2, -0.15) is 0 Å². The van der Waals surface area contributed by atoms with E-state index >= 15 is 0 Å². The summed E-state index contributed by atoms with van der Waals surface area (Å²) in [6.45, 7) is 1.83. The molecule has 30 heavy (non-hydrogen) atoms. The molecule has 9 heteroatoms. The summed E-state index contributed by atoms with van der Waals surface area (Å²) in [5.41, 5.74) is 1.92. The van der Waals surface area contributed by atoms with E-state index in [-0.39, 0.29) is 29.6 Å². The Kier molecular flexibility index (Phi) is 5.67. The molecule has 1 aliphatic rings. The van der Waals surface area contributed by atoms with Crippen LogP contribution in [0.3, 0.4) is 0 Å². The predicted octanol–water partition coefficient (Wildman–Crippen LogP) is 3.46. The summed E-state index contributed by atoms with van der Waals surface area (Å²) >= 11 is 5.98. The molecule has 0 spiro atoms. The number of fused-ring (bicyclic) bond motifs is 1. The lowest BCUT2D eigenvalue weighted by Crippen LogP contribution is -2.38. The van der Waals surface area contributed by atoms with Crippen LogP contribution in [0.1, 0.15) is 43.1 Å². The van der Waals surface area contributed by atoms with E-state index in [0.29, 0.717) is 34.1 Å². The van der Waals surface area contributed by atoms with Crippen LogP contribution in [0.5, 0.6) is 0 Å². The van der Waals surface area contributed by atoms with Gasteiger partial charge in [-0.25, -0.2) is 4.98 Å². The molecule has 0 bridgehead atoms. The van der Waals surface area contributed by atoms with Crippen molar-refractivity contribution in [3.63, 3.8) is 0 Å². The highest BCUT2D eigenvalue weighted by Crippen LogP contribution is 2.26. The normalized spacial score (nSPS) is 18.5. The fraction of sp³-hybridized carbons (Fsp3) is 0.381. The lowest BCUT2D eigenvalue weighted by Gasteiger charge is -2.24. The fourth-order valence-electron chi connectivity index (χ4n) is 3.69. The van der Waals surface area contributed by atoms with Crippen molar-refractivity contribution in [1.29, 1.82) is 0 Å². The number of aromatic nitrogens is 3. The number of hydrogen-bond acceptors (Lipinski definition) is 6. The minimum Gasteiger partial charge on any atom is -0.435 e. The number of benzene rings is 1. The molecule has 0 radical (unpaired) electrons. The zero-order valence-corrected chi connectivity index (χ0v) is 17.5. The van der Waals surface area contributed by atoms with Crippen molar-refractivity contribution in [3.8, 4) is 11.6 Å². The van der Waals surface area contributed by atoms with E-state index in [1.54, 1.807) is 42.3 Å². The Morgan fingerprint density at radius 3 is 2.80 bits per heavy atom. The number of hydrogen-bond donors (Lipinski definition) is 1. The largest absolute Gasteiger partial charge is 0.435 e. The van der Waals surface area contributed by atoms with Crippen molar-refractivity contribution < 1.29 is 14.0 Å². The summed E-state index contributed by atoms with van der Waals surface area (Å²) in [5.74, 6) is 0.154. The molecule has 1 saturated carbocycles. The lowest BCUT2D eigenvalue weighted by atomic mass is 10.2. The molecule has 1 N–H and O–H groups in total. The minimum absolute atomic E-state index is 0.0394. The third-order valence-corrected chi connectivity index (χ3v) is 5.65. The average molecular weight is 428 g/mol. The van der Waals surface area contributed by atoms with Crippen LogP contribution in [0.2, 0.25) is 5.02 Å². The Balaban J connectivity index is 1.44. The van der Waals surface area contributed by atoms with Crippen molar-refractivity contribution in [2.24, 2.45) is 0 Å². The molecule has 0 aliphatic heterocycles. The molecular weight excluding hydrogens is 406 g/mol. The molecule has 156 valence electrons. The minimum atomic E-state index is -0.203. The second kappa shape index (κ2) is 8.39. The van der Waals surface area contributed by atoms with Gasteiger partial charge in [0.1, 0.15) is 11.2 Å². The Hall–Kier alpha value is -3.00. The van der Waals surface area contributed by atoms with Gasteiger partial charge >= 0.3 is 0 Å². The molecule has 1 aromatic carbocycles. The van der Waals surface area contributed by atoms with Crippen molar-refractivity contribution in [1.82, 2.24) is 25.4 Å². The second-order valence-electron chi connectivity index (χ2n) is 7.44. The molecule has 2 unspecified atom stereocenters. The molecule has 2 aromatic heterocycles. The summed E-state index contributed by atoms with van der Waals surface area (Å²) in [4.78, 5) is 30.5. The first kappa shape index (κ1) is 20.3. The van der Waals surface area contributed by atoms with E-state index in [2.05, 4.69) is 20.5 Å². The van der Waals surface area contributed by atoms with Gasteiger partial charge < -0.3 is 14.6 Å². The summed E-state index contributed by atoms with van der Waals surface area (Å²) in [7, 11) is 1.76. The number of amides is 2. The number of nitrogens with one attached hydrogen (secondary N) is 1. The van der Waals surface area contributed by atoms with Gasteiger partial charge in [0.25, 0.3) is 5.91 Å². The summed E-state index contributed by atoms with van der Waals surface area (Å²) in [6.07, 6.45) is 2.91. The summed E-state index contributed by atoms with van der Waals surface area (Å²) < 4.78 is 5.69. The molecule has 4 rings (SSSR count). The van der Waals surface area contributed by atoms with Gasteiger partial charge in [-0.3, -0.25) is 9.59 Å². The van der Waals surface area contributed by atoms with Crippen LogP contribution in [0.25, 0.3) is 22.7 Å². The predicted molar refractivity (Wildman–Crippen MR) is 112 cm³/mol. The zero-order valence-electron chi connectivity index (χ0n) is 16.8. The molecule has 2 heterocycles. The quantitative estimate of drug-likeness (QED) is 0.669. The third kappa shape index (κ3) is 4.14. The van der Waals surface area contributed by atoms with Crippen LogP contribution < -0.4 is 5.32 Å². The van der Waals surface area contributed by atoms with Crippen LogP contribution in [0.4, 0.5) is 0 Å². The monoisotopic (exact) mass is 427 g/mol. The standard InChI is InChI=1S/C21H22ClN5O3/c1-3-19(28)23-13-5-6-14(11-13)27(2)21(29)17-9-8-16(25-26-17)20-24-15-7-4-12(22)10-18(15)30-20/h4,7-10,13-14H,3,5-6,11H2,1-2H3,(H,23,28). The average Bonchev–Trinajstić information content (AvgIpc) is 3.39. The summed E-state index contributed by atoms with van der Waals surface area (Å²) in [6, 6.07) is 8.64. The molecule has 8 nitrogen and oxygen atoms in total. The van der Waals surface area contributed by atoms with Crippen molar-refractivity contribution in [2.75, 3.05) is 7.05 Å². The smallest absolute Gasteiger partial charge is 0.274 e. The number of nitrogens with zero attached hydrogens (tertiary/aromatic N) is 4. The Bertz CT molecular complexity index is 1080. The SMILES string of the molecule is CCC(=O)NC1CCC(N(C)C(=O)c2ccc(-c3nc4ccc(Cl)cc4o3)nn2)C1. The van der Waals surface area contributed by atoms with Gasteiger partial charge in [0.05, 0.1) is 0 Å². The van der Waals surface area contributed by atoms with Crippen molar-refractivity contribution >= 4 is 34.5 Å². The van der Waals surface area contributed by atoms with Gasteiger partial charge in [0.2, 0.25) is 11.8 Å². The van der Waals surface area contributed by atoms with E-state index in [1.165, 1.54) is 0 Å². The maximum absolute atomic E-state index is 12.8. The van der Waals surface area contributed by atoms with Gasteiger partial charge in [0, 0.05) is 36.6 Å². The van der Waals surface area contributed by atoms with E-state index in [1.807, 2.05) is 6.92 Å². The van der Waals surface area contributed by atoms with E-state index < -0.39 is 0 Å². The van der Waals surface area contributed by atoms with Crippen molar-refractivity contribution in [3.05, 3.63) is 41.0 Å². The molecule has 2 atom stereocenters. The van der Waals surface area contributed by atoms with Gasteiger partial charge in [-0.1, -0.05) is 18.5 Å². The van der Waals surface area contributed by atoms with Gasteiger partial charge in [-0.15, -0.1) is 10.2 Å². The third-order valence-electron chi connectivity index (χ3n) is 5.41. The molecule has 3 aromatic rings. The molecule has 1 fully saturated rings. The van der Waals surface area contributed by atoms with Crippen LogP contribution >= 0.6 is 11.6 Å². The first-order chi connectivity index (χ1) is 14.4. The van der Waals surface area contributed by atoms with Crippen LogP contribution in [0, 0.1) is 0 Å².